The smallest absolute Gasteiger partial charge is 0.243 e. The summed E-state index contributed by atoms with van der Waals surface area (Å²) in [5.41, 5.74) is 1.15. The van der Waals surface area contributed by atoms with Crippen molar-refractivity contribution < 1.29 is 27.2 Å². The molecule has 10 nitrogen and oxygen atoms in total. The lowest BCUT2D eigenvalue weighted by Gasteiger charge is -2.18. The number of ether oxygens (including phenoxy) is 2. The summed E-state index contributed by atoms with van der Waals surface area (Å²) in [5.74, 6) is 1.28. The molecule has 3 aromatic rings. The molecule has 1 N–H and O–H groups in total. The van der Waals surface area contributed by atoms with Crippen molar-refractivity contribution in [2.24, 2.45) is 0 Å². The fraction of sp³-hybridized carbons (Fsp3) is 0.286. The number of nitrogens with zero attached hydrogens (tertiary/aromatic N) is 3. The van der Waals surface area contributed by atoms with E-state index in [4.69, 9.17) is 14.0 Å². The van der Waals surface area contributed by atoms with Crippen molar-refractivity contribution >= 4 is 21.6 Å². The highest BCUT2D eigenvalue weighted by atomic mass is 32.2. The predicted octanol–water partition coefficient (Wildman–Crippen LogP) is 2.92. The van der Waals surface area contributed by atoms with Crippen molar-refractivity contribution in [3.63, 3.8) is 0 Å². The lowest BCUT2D eigenvalue weighted by Crippen LogP contribution is -2.30. The maximum atomic E-state index is 13.1. The van der Waals surface area contributed by atoms with Crippen molar-refractivity contribution in [3.8, 4) is 22.9 Å². The monoisotopic (exact) mass is 460 g/mol. The van der Waals surface area contributed by atoms with E-state index in [9.17, 15) is 13.2 Å². The van der Waals surface area contributed by atoms with Gasteiger partial charge in [-0.1, -0.05) is 12.1 Å². The fourth-order valence-corrected chi connectivity index (χ4v) is 4.39. The summed E-state index contributed by atoms with van der Waals surface area (Å²) in [6.07, 6.45) is 0. The molecule has 11 heteroatoms. The van der Waals surface area contributed by atoms with E-state index in [1.807, 2.05) is 0 Å². The third-order valence-electron chi connectivity index (χ3n) is 4.59. The highest BCUT2D eigenvalue weighted by Gasteiger charge is 2.25. The Labute approximate surface area is 186 Å². The van der Waals surface area contributed by atoms with Crippen molar-refractivity contribution in [2.45, 2.75) is 25.3 Å². The molecule has 0 unspecified atom stereocenters. The Bertz CT molecular complexity index is 1190. The molecule has 0 bridgehead atoms. The first-order valence-electron chi connectivity index (χ1n) is 9.71. The number of sulfonamides is 1. The van der Waals surface area contributed by atoms with Crippen LogP contribution < -0.4 is 14.8 Å². The second-order valence-electron chi connectivity index (χ2n) is 6.72. The SMILES string of the molecule is CCN(Cc1nc(-c2ccc(OC)c(OC)c2)no1)S(=O)(=O)c1ccc(NC(C)=O)cc1. The second-order valence-corrected chi connectivity index (χ2v) is 8.66. The molecule has 170 valence electrons. The zero-order valence-corrected chi connectivity index (χ0v) is 19.0. The largest absolute Gasteiger partial charge is 0.493 e. The van der Waals surface area contributed by atoms with Gasteiger partial charge in [-0.05, 0) is 42.5 Å². The highest BCUT2D eigenvalue weighted by Crippen LogP contribution is 2.31. The molecule has 1 amide bonds. The van der Waals surface area contributed by atoms with Crippen LogP contribution in [0.4, 0.5) is 5.69 Å². The van der Waals surface area contributed by atoms with Gasteiger partial charge in [-0.3, -0.25) is 4.79 Å². The highest BCUT2D eigenvalue weighted by molar-refractivity contribution is 7.89. The first-order chi connectivity index (χ1) is 15.3. The van der Waals surface area contributed by atoms with Gasteiger partial charge in [-0.25, -0.2) is 8.42 Å². The molecule has 0 saturated heterocycles. The van der Waals surface area contributed by atoms with Crippen LogP contribution in [0.2, 0.25) is 0 Å². The predicted molar refractivity (Wildman–Crippen MR) is 117 cm³/mol. The normalized spacial score (nSPS) is 11.4. The van der Waals surface area contributed by atoms with Crippen LogP contribution in [-0.4, -0.2) is 49.5 Å². The quantitative estimate of drug-likeness (QED) is 0.517. The number of carbonyl (C=O) groups is 1. The molecule has 2 aromatic carbocycles. The standard InChI is InChI=1S/C21H24N4O6S/c1-5-25(32(27,28)17-9-7-16(8-10-17)22-14(2)26)13-20-23-21(24-31-20)15-6-11-18(29-3)19(12-15)30-4/h6-12H,5,13H2,1-4H3,(H,22,26). The lowest BCUT2D eigenvalue weighted by molar-refractivity contribution is -0.114. The molecule has 0 aliphatic heterocycles. The van der Waals surface area contributed by atoms with Crippen LogP contribution in [0.1, 0.15) is 19.7 Å². The lowest BCUT2D eigenvalue weighted by atomic mass is 10.2. The van der Waals surface area contributed by atoms with Crippen LogP contribution in [0.25, 0.3) is 11.4 Å². The summed E-state index contributed by atoms with van der Waals surface area (Å²) in [4.78, 5) is 15.6. The molecule has 0 fully saturated rings. The second kappa shape index (κ2) is 9.79. The molecule has 32 heavy (non-hydrogen) atoms. The van der Waals surface area contributed by atoms with Gasteiger partial charge in [0.25, 0.3) is 0 Å². The van der Waals surface area contributed by atoms with Gasteiger partial charge < -0.3 is 19.3 Å². The fourth-order valence-electron chi connectivity index (χ4n) is 2.99. The average molecular weight is 461 g/mol. The molecule has 3 rings (SSSR count). The number of benzene rings is 2. The van der Waals surface area contributed by atoms with Gasteiger partial charge in [0.15, 0.2) is 11.5 Å². The van der Waals surface area contributed by atoms with Crippen LogP contribution in [-0.2, 0) is 21.4 Å². The Morgan fingerprint density at radius 1 is 1.09 bits per heavy atom. The summed E-state index contributed by atoms with van der Waals surface area (Å²) < 4.78 is 43.1. The molecule has 0 aliphatic rings. The topological polar surface area (TPSA) is 124 Å². The summed E-state index contributed by atoms with van der Waals surface area (Å²) in [7, 11) is -0.751. The van der Waals surface area contributed by atoms with E-state index in [-0.39, 0.29) is 29.8 Å². The number of aromatic nitrogens is 2. The van der Waals surface area contributed by atoms with Crippen LogP contribution >= 0.6 is 0 Å². The summed E-state index contributed by atoms with van der Waals surface area (Å²) >= 11 is 0. The Morgan fingerprint density at radius 2 is 1.78 bits per heavy atom. The number of rotatable bonds is 9. The first-order valence-corrected chi connectivity index (χ1v) is 11.1. The molecule has 0 aliphatic carbocycles. The van der Waals surface area contributed by atoms with Gasteiger partial charge in [0, 0.05) is 24.7 Å². The van der Waals surface area contributed by atoms with E-state index in [1.165, 1.54) is 49.7 Å². The van der Waals surface area contributed by atoms with Crippen LogP contribution in [0.3, 0.4) is 0 Å². The summed E-state index contributed by atoms with van der Waals surface area (Å²) in [5, 5.41) is 6.56. The number of carbonyl (C=O) groups excluding carboxylic acids is 1. The van der Waals surface area contributed by atoms with Crippen LogP contribution in [0.15, 0.2) is 51.9 Å². The van der Waals surface area contributed by atoms with Gasteiger partial charge in [0.1, 0.15) is 0 Å². The zero-order valence-electron chi connectivity index (χ0n) is 18.2. The van der Waals surface area contributed by atoms with Crippen LogP contribution in [0, 0.1) is 0 Å². The molecule has 0 spiro atoms. The van der Waals surface area contributed by atoms with E-state index in [1.54, 1.807) is 25.1 Å². The van der Waals surface area contributed by atoms with Crippen molar-refractivity contribution in [1.82, 2.24) is 14.4 Å². The number of hydrogen-bond donors (Lipinski definition) is 1. The molecule has 0 radical (unpaired) electrons. The summed E-state index contributed by atoms with van der Waals surface area (Å²) in [6, 6.07) is 11.1. The molecule has 1 aromatic heterocycles. The number of anilines is 1. The van der Waals surface area contributed by atoms with Gasteiger partial charge >= 0.3 is 0 Å². The molecular weight excluding hydrogens is 436 g/mol. The van der Waals surface area contributed by atoms with Gasteiger partial charge in [0.2, 0.25) is 27.6 Å². The maximum Gasteiger partial charge on any atom is 0.243 e. The van der Waals surface area contributed by atoms with E-state index < -0.39 is 10.0 Å². The van der Waals surface area contributed by atoms with Crippen molar-refractivity contribution in [1.29, 1.82) is 0 Å². The minimum atomic E-state index is -3.81. The minimum absolute atomic E-state index is 0.0907. The average Bonchev–Trinajstić information content (AvgIpc) is 3.25. The Balaban J connectivity index is 1.80. The summed E-state index contributed by atoms with van der Waals surface area (Å²) in [6.45, 7) is 3.20. The van der Waals surface area contributed by atoms with E-state index in [0.717, 1.165) is 0 Å². The van der Waals surface area contributed by atoms with Gasteiger partial charge in [-0.2, -0.15) is 9.29 Å². The minimum Gasteiger partial charge on any atom is -0.493 e. The molecule has 0 saturated carbocycles. The van der Waals surface area contributed by atoms with E-state index in [2.05, 4.69) is 15.5 Å². The Hall–Kier alpha value is -3.44. The number of hydrogen-bond acceptors (Lipinski definition) is 8. The van der Waals surface area contributed by atoms with Gasteiger partial charge in [0.05, 0.1) is 25.7 Å². The van der Waals surface area contributed by atoms with E-state index >= 15 is 0 Å². The van der Waals surface area contributed by atoms with Crippen molar-refractivity contribution in [2.75, 3.05) is 26.1 Å². The molecule has 1 heterocycles. The molecular formula is C21H24N4O6S. The zero-order chi connectivity index (χ0) is 23.3. The maximum absolute atomic E-state index is 13.1. The number of amides is 1. The third kappa shape index (κ3) is 5.06. The number of methoxy groups -OCH3 is 2. The Morgan fingerprint density at radius 3 is 2.38 bits per heavy atom. The van der Waals surface area contributed by atoms with Crippen molar-refractivity contribution in [3.05, 3.63) is 48.4 Å². The van der Waals surface area contributed by atoms with E-state index in [0.29, 0.717) is 28.6 Å². The molecule has 0 atom stereocenters. The third-order valence-corrected chi connectivity index (χ3v) is 6.52. The van der Waals surface area contributed by atoms with Gasteiger partial charge in [-0.15, -0.1) is 0 Å². The van der Waals surface area contributed by atoms with Crippen LogP contribution in [0.5, 0.6) is 11.5 Å². The first kappa shape index (κ1) is 23.2. The Kier molecular flexibility index (Phi) is 7.11. The number of nitrogens with one attached hydrogen (secondary N) is 1.